The van der Waals surface area contributed by atoms with Gasteiger partial charge < -0.3 is 29.6 Å². The predicted octanol–water partition coefficient (Wildman–Crippen LogP) is 1.10. The van der Waals surface area contributed by atoms with E-state index in [-0.39, 0.29) is 0 Å². The highest BCUT2D eigenvalue weighted by Crippen LogP contribution is 2.28. The second kappa shape index (κ2) is 13.7. The Labute approximate surface area is 193 Å². The quantitative estimate of drug-likeness (QED) is 0.236. The zero-order chi connectivity index (χ0) is 23.3. The number of anilines is 1. The van der Waals surface area contributed by atoms with E-state index in [1.54, 1.807) is 0 Å². The standard InChI is InChI=1S/C19H28N4S.C4H4O4/c1-3-4-5-8-15-24-18-16-9-6-7-10-17(16)20-19(21-18)23-13-11-22(2)12-14-23;5-3(6)1-2-4(7)8/h6-7,9-10H,3-5,8,11-15H2,1-2H3;1-2H,(H,5,6)(H,7,8)/p-2. The maximum Gasteiger partial charge on any atom is 0.227 e. The molecule has 1 aromatic carbocycles. The Balaban J connectivity index is 0.000000390. The van der Waals surface area contributed by atoms with Gasteiger partial charge >= 0.3 is 0 Å². The molecule has 0 N–H and O–H groups in total. The summed E-state index contributed by atoms with van der Waals surface area (Å²) in [7, 11) is 2.18. The Kier molecular flexibility index (Phi) is 11.0. The fraction of sp³-hybridized carbons (Fsp3) is 0.478. The lowest BCUT2D eigenvalue weighted by molar-refractivity contribution is -0.301. The van der Waals surface area contributed by atoms with Gasteiger partial charge in [-0.05, 0) is 37.4 Å². The van der Waals surface area contributed by atoms with Crippen LogP contribution in [-0.4, -0.2) is 65.8 Å². The summed E-state index contributed by atoms with van der Waals surface area (Å²) in [6, 6.07) is 8.41. The van der Waals surface area contributed by atoms with Crippen LogP contribution in [0.25, 0.3) is 10.9 Å². The molecule has 174 valence electrons. The molecule has 9 heteroatoms. The first-order valence-electron chi connectivity index (χ1n) is 10.8. The lowest BCUT2D eigenvalue weighted by Crippen LogP contribution is -2.45. The molecule has 2 heterocycles. The van der Waals surface area contributed by atoms with Gasteiger partial charge in [-0.1, -0.05) is 44.4 Å². The number of thioether (sulfide) groups is 1. The largest absolute Gasteiger partial charge is 0.545 e. The maximum atomic E-state index is 9.41. The maximum absolute atomic E-state index is 9.41. The summed E-state index contributed by atoms with van der Waals surface area (Å²) in [6.45, 7) is 6.43. The first kappa shape index (κ1) is 25.6. The third-order valence-corrected chi connectivity index (χ3v) is 6.01. The number of carbonyl (C=O) groups is 2. The number of aromatic nitrogens is 2. The van der Waals surface area contributed by atoms with Crippen LogP contribution in [0.3, 0.4) is 0 Å². The Morgan fingerprint density at radius 1 is 1.00 bits per heavy atom. The first-order valence-corrected chi connectivity index (χ1v) is 11.8. The van der Waals surface area contributed by atoms with E-state index < -0.39 is 11.9 Å². The van der Waals surface area contributed by atoms with Crippen LogP contribution in [0.5, 0.6) is 0 Å². The number of likely N-dealkylation sites (N-methyl/N-ethyl adjacent to an activating group) is 1. The number of benzene rings is 1. The van der Waals surface area contributed by atoms with Gasteiger partial charge in [0.2, 0.25) is 5.95 Å². The third-order valence-electron chi connectivity index (χ3n) is 4.93. The van der Waals surface area contributed by atoms with Crippen LogP contribution in [0.15, 0.2) is 41.4 Å². The average molecular weight is 459 g/mol. The van der Waals surface area contributed by atoms with E-state index in [4.69, 9.17) is 9.97 Å². The van der Waals surface area contributed by atoms with Gasteiger partial charge in [0.25, 0.3) is 0 Å². The van der Waals surface area contributed by atoms with Crippen molar-refractivity contribution >= 4 is 40.6 Å². The Morgan fingerprint density at radius 2 is 1.66 bits per heavy atom. The second-order valence-electron chi connectivity index (χ2n) is 7.52. The number of fused-ring (bicyclic) bond motifs is 1. The van der Waals surface area contributed by atoms with Crippen molar-refractivity contribution in [1.29, 1.82) is 0 Å². The number of hydrogen-bond acceptors (Lipinski definition) is 9. The first-order chi connectivity index (χ1) is 15.4. The molecule has 0 bridgehead atoms. The highest BCUT2D eigenvalue weighted by molar-refractivity contribution is 7.99. The summed E-state index contributed by atoms with van der Waals surface area (Å²) in [6.07, 6.45) is 5.97. The molecule has 1 aliphatic rings. The molecule has 0 atom stereocenters. The van der Waals surface area contributed by atoms with Crippen molar-refractivity contribution in [2.75, 3.05) is 43.9 Å². The number of hydrogen-bond donors (Lipinski definition) is 0. The fourth-order valence-corrected chi connectivity index (χ4v) is 4.14. The van der Waals surface area contributed by atoms with Gasteiger partial charge in [0.1, 0.15) is 5.03 Å². The van der Waals surface area contributed by atoms with E-state index in [0.29, 0.717) is 12.2 Å². The van der Waals surface area contributed by atoms with Crippen molar-refractivity contribution in [1.82, 2.24) is 14.9 Å². The van der Waals surface area contributed by atoms with E-state index in [0.717, 1.165) is 48.4 Å². The summed E-state index contributed by atoms with van der Waals surface area (Å²) in [5.74, 6) is -1.05. The number of piperazine rings is 1. The zero-order valence-electron chi connectivity index (χ0n) is 18.7. The SMILES string of the molecule is CCCCCCSc1nc(N2CCN(C)CC2)nc2ccccc12.O=C([O-])C=CC(=O)[O-]. The van der Waals surface area contributed by atoms with Gasteiger partial charge in [-0.15, -0.1) is 11.8 Å². The van der Waals surface area contributed by atoms with Crippen LogP contribution in [0.1, 0.15) is 32.6 Å². The minimum Gasteiger partial charge on any atom is -0.545 e. The van der Waals surface area contributed by atoms with Crippen molar-refractivity contribution in [3.05, 3.63) is 36.4 Å². The Hall–Kier alpha value is -2.65. The van der Waals surface area contributed by atoms with E-state index in [1.165, 1.54) is 31.1 Å². The van der Waals surface area contributed by atoms with Gasteiger partial charge in [-0.25, -0.2) is 9.97 Å². The van der Waals surface area contributed by atoms with Crippen LogP contribution >= 0.6 is 11.8 Å². The molecule has 8 nitrogen and oxygen atoms in total. The molecule has 0 radical (unpaired) electrons. The summed E-state index contributed by atoms with van der Waals surface area (Å²) in [5.41, 5.74) is 1.07. The average Bonchev–Trinajstić information content (AvgIpc) is 2.78. The molecule has 0 saturated carbocycles. The van der Waals surface area contributed by atoms with Gasteiger partial charge in [-0.3, -0.25) is 0 Å². The molecule has 0 unspecified atom stereocenters. The van der Waals surface area contributed by atoms with E-state index >= 15 is 0 Å². The van der Waals surface area contributed by atoms with Crippen molar-refractivity contribution in [2.24, 2.45) is 0 Å². The number of nitrogens with zero attached hydrogens (tertiary/aromatic N) is 4. The van der Waals surface area contributed by atoms with E-state index in [1.807, 2.05) is 11.8 Å². The monoisotopic (exact) mass is 458 g/mol. The van der Waals surface area contributed by atoms with Crippen LogP contribution in [0, 0.1) is 0 Å². The normalized spacial score (nSPS) is 14.4. The molecule has 32 heavy (non-hydrogen) atoms. The molecule has 0 amide bonds. The molecular weight excluding hydrogens is 428 g/mol. The number of aliphatic carboxylic acids is 2. The summed E-state index contributed by atoms with van der Waals surface area (Å²) in [4.78, 5) is 33.3. The zero-order valence-corrected chi connectivity index (χ0v) is 19.5. The van der Waals surface area contributed by atoms with Gasteiger partial charge in [-0.2, -0.15) is 0 Å². The molecular formula is C23H30N4O4S-2. The van der Waals surface area contributed by atoms with Gasteiger partial charge in [0.15, 0.2) is 0 Å². The lowest BCUT2D eigenvalue weighted by Gasteiger charge is -2.32. The molecule has 3 rings (SSSR count). The highest BCUT2D eigenvalue weighted by Gasteiger charge is 2.18. The topological polar surface area (TPSA) is 113 Å². The van der Waals surface area contributed by atoms with Crippen LogP contribution in [0.4, 0.5) is 5.95 Å². The van der Waals surface area contributed by atoms with E-state index in [9.17, 15) is 19.8 Å². The number of carbonyl (C=O) groups excluding carboxylic acids is 2. The minimum atomic E-state index is -1.55. The van der Waals surface area contributed by atoms with Crippen molar-refractivity contribution in [3.63, 3.8) is 0 Å². The smallest absolute Gasteiger partial charge is 0.227 e. The van der Waals surface area contributed by atoms with Crippen LogP contribution in [0.2, 0.25) is 0 Å². The number of unbranched alkanes of at least 4 members (excludes halogenated alkanes) is 3. The molecule has 2 aromatic rings. The molecule has 0 aliphatic carbocycles. The van der Waals surface area contributed by atoms with Gasteiger partial charge in [0.05, 0.1) is 17.5 Å². The Bertz CT molecular complexity index is 898. The summed E-state index contributed by atoms with van der Waals surface area (Å²) >= 11 is 1.89. The van der Waals surface area contributed by atoms with Crippen molar-refractivity contribution < 1.29 is 19.8 Å². The second-order valence-corrected chi connectivity index (χ2v) is 8.60. The summed E-state index contributed by atoms with van der Waals surface area (Å²) < 4.78 is 0. The molecule has 0 spiro atoms. The fourth-order valence-electron chi connectivity index (χ4n) is 3.13. The van der Waals surface area contributed by atoms with Crippen LogP contribution < -0.4 is 15.1 Å². The van der Waals surface area contributed by atoms with E-state index in [2.05, 4.69) is 48.0 Å². The van der Waals surface area contributed by atoms with Crippen molar-refractivity contribution in [3.8, 4) is 0 Å². The molecule has 1 fully saturated rings. The molecule has 1 aromatic heterocycles. The Morgan fingerprint density at radius 3 is 2.28 bits per heavy atom. The lowest BCUT2D eigenvalue weighted by atomic mass is 10.2. The number of rotatable bonds is 9. The van der Waals surface area contributed by atoms with Gasteiger partial charge in [0, 0.05) is 31.6 Å². The summed E-state index contributed by atoms with van der Waals surface area (Å²) in [5, 5.41) is 21.2. The molecule has 1 saturated heterocycles. The molecule has 1 aliphatic heterocycles. The predicted molar refractivity (Wildman–Crippen MR) is 123 cm³/mol. The minimum absolute atomic E-state index is 0.384. The van der Waals surface area contributed by atoms with Crippen molar-refractivity contribution in [2.45, 2.75) is 37.6 Å². The highest BCUT2D eigenvalue weighted by atomic mass is 32.2. The van der Waals surface area contributed by atoms with Crippen LogP contribution in [-0.2, 0) is 9.59 Å². The third kappa shape index (κ3) is 8.84. The number of carboxylic acid groups (broad SMARTS) is 2. The number of para-hydroxylation sites is 1. The number of carboxylic acids is 2.